The molecule has 0 aromatic heterocycles. The average molecular weight is 314 g/mol. The first-order valence-corrected chi connectivity index (χ1v) is 8.03. The summed E-state index contributed by atoms with van der Waals surface area (Å²) in [6.45, 7) is 2.83. The van der Waals surface area contributed by atoms with Crippen LogP contribution in [0.2, 0.25) is 0 Å². The van der Waals surface area contributed by atoms with Gasteiger partial charge in [-0.05, 0) is 36.4 Å². The largest absolute Gasteiger partial charge is 0.497 e. The molecule has 0 spiro atoms. The Hall–Kier alpha value is -2.14. The second-order valence-electron chi connectivity index (χ2n) is 5.17. The van der Waals surface area contributed by atoms with E-state index in [1.165, 1.54) is 0 Å². The third-order valence-corrected chi connectivity index (χ3v) is 4.66. The number of methoxy groups -OCH3 is 1. The summed E-state index contributed by atoms with van der Waals surface area (Å²) < 4.78 is 5.13. The van der Waals surface area contributed by atoms with Crippen molar-refractivity contribution in [3.05, 3.63) is 48.5 Å². The van der Waals surface area contributed by atoms with E-state index in [1.807, 2.05) is 42.5 Å². The average Bonchev–Trinajstić information content (AvgIpc) is 2.54. The Kier molecular flexibility index (Phi) is 4.24. The fourth-order valence-electron chi connectivity index (χ4n) is 2.45. The third-order valence-electron chi connectivity index (χ3n) is 3.51. The molecule has 5 heteroatoms. The maximum absolute atomic E-state index is 12.6. The number of carbonyl (C=O) groups excluding carboxylic acids is 1. The van der Waals surface area contributed by atoms with E-state index in [4.69, 9.17) is 4.74 Å². The molecular formula is C17H18N2O2S. The highest BCUT2D eigenvalue weighted by atomic mass is 32.2. The molecule has 0 radical (unpaired) electrons. The Balaban J connectivity index is 1.79. The first-order chi connectivity index (χ1) is 10.7. The van der Waals surface area contributed by atoms with Crippen molar-refractivity contribution in [2.45, 2.75) is 17.1 Å². The molecule has 3 rings (SSSR count). The summed E-state index contributed by atoms with van der Waals surface area (Å²) in [6, 6.07) is 15.2. The second kappa shape index (κ2) is 6.32. The van der Waals surface area contributed by atoms with Crippen LogP contribution in [0.4, 0.5) is 16.2 Å². The Labute approximate surface area is 134 Å². The summed E-state index contributed by atoms with van der Waals surface area (Å²) >= 11 is 1.81. The van der Waals surface area contributed by atoms with Crippen LogP contribution in [0.3, 0.4) is 0 Å². The van der Waals surface area contributed by atoms with Gasteiger partial charge in [-0.2, -0.15) is 0 Å². The lowest BCUT2D eigenvalue weighted by molar-refractivity contribution is 0.256. The molecule has 0 bridgehead atoms. The van der Waals surface area contributed by atoms with Gasteiger partial charge in [0.1, 0.15) is 5.75 Å². The van der Waals surface area contributed by atoms with Crippen LogP contribution >= 0.6 is 11.8 Å². The Bertz CT molecular complexity index is 673. The van der Waals surface area contributed by atoms with Gasteiger partial charge < -0.3 is 10.1 Å². The number of carbonyl (C=O) groups is 1. The van der Waals surface area contributed by atoms with Crippen molar-refractivity contribution in [1.82, 2.24) is 0 Å². The van der Waals surface area contributed by atoms with E-state index in [2.05, 4.69) is 18.3 Å². The number of amides is 2. The van der Waals surface area contributed by atoms with Crippen LogP contribution in [-0.2, 0) is 0 Å². The molecule has 0 fully saturated rings. The number of ether oxygens (including phenoxy) is 1. The zero-order chi connectivity index (χ0) is 15.5. The SMILES string of the molecule is COc1ccc(NC(=O)N2CC(C)Sc3ccccc32)cc1. The molecule has 2 aromatic carbocycles. The number of nitrogens with zero attached hydrogens (tertiary/aromatic N) is 1. The summed E-state index contributed by atoms with van der Waals surface area (Å²) in [7, 11) is 1.62. The Morgan fingerprint density at radius 1 is 1.23 bits per heavy atom. The van der Waals surface area contributed by atoms with Gasteiger partial charge in [-0.1, -0.05) is 19.1 Å². The molecule has 2 amide bonds. The number of anilines is 2. The van der Waals surface area contributed by atoms with Gasteiger partial charge in [0.05, 0.1) is 12.8 Å². The number of rotatable bonds is 2. The lowest BCUT2D eigenvalue weighted by Gasteiger charge is -2.32. The van der Waals surface area contributed by atoms with E-state index >= 15 is 0 Å². The van der Waals surface area contributed by atoms with Gasteiger partial charge in [0.2, 0.25) is 0 Å². The summed E-state index contributed by atoms with van der Waals surface area (Å²) in [6.07, 6.45) is 0. The number of urea groups is 1. The zero-order valence-electron chi connectivity index (χ0n) is 12.6. The summed E-state index contributed by atoms with van der Waals surface area (Å²) in [5.41, 5.74) is 1.73. The van der Waals surface area contributed by atoms with Gasteiger partial charge in [-0.15, -0.1) is 11.8 Å². The highest BCUT2D eigenvalue weighted by Gasteiger charge is 2.26. The molecular weight excluding hydrogens is 296 g/mol. The Morgan fingerprint density at radius 3 is 2.68 bits per heavy atom. The molecule has 0 saturated carbocycles. The van der Waals surface area contributed by atoms with Gasteiger partial charge in [0.25, 0.3) is 0 Å². The van der Waals surface area contributed by atoms with Crippen LogP contribution < -0.4 is 15.0 Å². The summed E-state index contributed by atoms with van der Waals surface area (Å²) in [4.78, 5) is 15.6. The molecule has 0 saturated heterocycles. The van der Waals surface area contributed by atoms with Crippen LogP contribution in [0.5, 0.6) is 5.75 Å². The number of thioether (sulfide) groups is 1. The fourth-order valence-corrected chi connectivity index (χ4v) is 3.56. The monoisotopic (exact) mass is 314 g/mol. The molecule has 1 aliphatic heterocycles. The van der Waals surface area contributed by atoms with Crippen LogP contribution in [0.25, 0.3) is 0 Å². The van der Waals surface area contributed by atoms with Gasteiger partial charge >= 0.3 is 6.03 Å². The van der Waals surface area contributed by atoms with Crippen molar-refractivity contribution in [3.63, 3.8) is 0 Å². The van der Waals surface area contributed by atoms with E-state index in [0.717, 1.165) is 22.0 Å². The topological polar surface area (TPSA) is 41.6 Å². The van der Waals surface area contributed by atoms with E-state index in [1.54, 1.807) is 23.8 Å². The number of hydrogen-bond acceptors (Lipinski definition) is 3. The molecule has 1 aliphatic rings. The zero-order valence-corrected chi connectivity index (χ0v) is 13.4. The number of benzene rings is 2. The minimum atomic E-state index is -0.107. The molecule has 4 nitrogen and oxygen atoms in total. The maximum atomic E-state index is 12.6. The van der Waals surface area contributed by atoms with Gasteiger partial charge in [0.15, 0.2) is 0 Å². The maximum Gasteiger partial charge on any atom is 0.326 e. The molecule has 2 aromatic rings. The lowest BCUT2D eigenvalue weighted by atomic mass is 10.2. The number of para-hydroxylation sites is 1. The van der Waals surface area contributed by atoms with Crippen LogP contribution in [0, 0.1) is 0 Å². The van der Waals surface area contributed by atoms with E-state index in [-0.39, 0.29) is 6.03 Å². The van der Waals surface area contributed by atoms with Crippen molar-refractivity contribution in [3.8, 4) is 5.75 Å². The second-order valence-corrected chi connectivity index (χ2v) is 6.65. The highest BCUT2D eigenvalue weighted by Crippen LogP contribution is 2.38. The third kappa shape index (κ3) is 3.04. The quantitative estimate of drug-likeness (QED) is 0.902. The van der Waals surface area contributed by atoms with Crippen molar-refractivity contribution < 1.29 is 9.53 Å². The van der Waals surface area contributed by atoms with Crippen molar-refractivity contribution in [1.29, 1.82) is 0 Å². The van der Waals surface area contributed by atoms with E-state index in [0.29, 0.717) is 11.8 Å². The summed E-state index contributed by atoms with van der Waals surface area (Å²) in [5.74, 6) is 0.770. The van der Waals surface area contributed by atoms with E-state index in [9.17, 15) is 4.79 Å². The van der Waals surface area contributed by atoms with Gasteiger partial charge in [-0.25, -0.2) is 4.79 Å². The van der Waals surface area contributed by atoms with Crippen LogP contribution in [0.1, 0.15) is 6.92 Å². The smallest absolute Gasteiger partial charge is 0.326 e. The van der Waals surface area contributed by atoms with Crippen LogP contribution in [0.15, 0.2) is 53.4 Å². The number of hydrogen-bond donors (Lipinski definition) is 1. The van der Waals surface area contributed by atoms with Gasteiger partial charge in [-0.3, -0.25) is 4.90 Å². The van der Waals surface area contributed by atoms with Crippen molar-refractivity contribution in [2.75, 3.05) is 23.9 Å². The summed E-state index contributed by atoms with van der Waals surface area (Å²) in [5, 5.41) is 3.32. The van der Waals surface area contributed by atoms with Crippen molar-refractivity contribution >= 4 is 29.2 Å². The minimum Gasteiger partial charge on any atom is -0.497 e. The molecule has 114 valence electrons. The lowest BCUT2D eigenvalue weighted by Crippen LogP contribution is -2.41. The molecule has 0 aliphatic carbocycles. The van der Waals surface area contributed by atoms with E-state index < -0.39 is 0 Å². The number of nitrogens with one attached hydrogen (secondary N) is 1. The van der Waals surface area contributed by atoms with Gasteiger partial charge in [0, 0.05) is 22.4 Å². The first-order valence-electron chi connectivity index (χ1n) is 7.15. The predicted molar refractivity (Wildman–Crippen MR) is 91.1 cm³/mol. The molecule has 1 N–H and O–H groups in total. The highest BCUT2D eigenvalue weighted by molar-refractivity contribution is 8.00. The normalized spacial score (nSPS) is 16.8. The number of fused-ring (bicyclic) bond motifs is 1. The Morgan fingerprint density at radius 2 is 1.95 bits per heavy atom. The first kappa shape index (κ1) is 14.8. The standard InChI is InChI=1S/C17H18N2O2S/c1-12-11-19(15-5-3-4-6-16(15)22-12)17(20)18-13-7-9-14(21-2)10-8-13/h3-10,12H,11H2,1-2H3,(H,18,20). The fraction of sp³-hybridized carbons (Fsp3) is 0.235. The van der Waals surface area contributed by atoms with Crippen molar-refractivity contribution in [2.24, 2.45) is 0 Å². The molecule has 1 heterocycles. The molecule has 1 unspecified atom stereocenters. The predicted octanol–water partition coefficient (Wildman–Crippen LogP) is 4.23. The minimum absolute atomic E-state index is 0.107. The van der Waals surface area contributed by atoms with Crippen LogP contribution in [-0.4, -0.2) is 24.9 Å². The molecule has 22 heavy (non-hydrogen) atoms. The molecule has 1 atom stereocenters.